The molecule has 0 aromatic heterocycles. The third-order valence-electron chi connectivity index (χ3n) is 5.34. The second kappa shape index (κ2) is 8.88. The highest BCUT2D eigenvalue weighted by molar-refractivity contribution is 7.89. The molecule has 0 N–H and O–H groups in total. The number of fused-ring (bicyclic) bond motifs is 1. The summed E-state index contributed by atoms with van der Waals surface area (Å²) in [6, 6.07) is 11.2. The fourth-order valence-corrected chi connectivity index (χ4v) is 5.05. The molecule has 1 aliphatic heterocycles. The number of carbonyl (C=O) groups is 2. The molecule has 0 saturated heterocycles. The smallest absolute Gasteiger partial charge is 0.308 e. The molecule has 0 radical (unpaired) electrons. The fraction of sp³-hybridized carbons (Fsp3) is 0.391. The van der Waals surface area contributed by atoms with E-state index in [1.165, 1.54) is 16.4 Å². The molecule has 1 heterocycles. The Hall–Kier alpha value is -2.58. The summed E-state index contributed by atoms with van der Waals surface area (Å²) >= 11 is 0. The van der Waals surface area contributed by atoms with Crippen LogP contribution in [-0.4, -0.2) is 37.6 Å². The fourth-order valence-electron chi connectivity index (χ4n) is 3.45. The molecule has 1 unspecified atom stereocenters. The van der Waals surface area contributed by atoms with E-state index in [-0.39, 0.29) is 30.3 Å². The van der Waals surface area contributed by atoms with E-state index < -0.39 is 33.3 Å². The van der Waals surface area contributed by atoms with Crippen molar-refractivity contribution in [1.29, 1.82) is 0 Å². The average molecular weight is 448 g/mol. The van der Waals surface area contributed by atoms with Crippen molar-refractivity contribution in [2.24, 2.45) is 5.41 Å². The number of Topliss-reactive ketones (excluding diaryl/α,β-unsaturated/α-hetero) is 1. The van der Waals surface area contributed by atoms with E-state index in [0.29, 0.717) is 6.42 Å². The molecule has 0 fully saturated rings. The van der Waals surface area contributed by atoms with Crippen molar-refractivity contribution in [3.63, 3.8) is 0 Å². The summed E-state index contributed by atoms with van der Waals surface area (Å²) in [4.78, 5) is 24.6. The molecule has 166 valence electrons. The van der Waals surface area contributed by atoms with Crippen LogP contribution in [0.3, 0.4) is 0 Å². The normalized spacial score (nSPS) is 17.1. The van der Waals surface area contributed by atoms with Gasteiger partial charge in [-0.25, -0.2) is 12.8 Å². The van der Waals surface area contributed by atoms with Crippen molar-refractivity contribution in [2.75, 3.05) is 13.2 Å². The van der Waals surface area contributed by atoms with Crippen LogP contribution in [0.2, 0.25) is 0 Å². The van der Waals surface area contributed by atoms with Gasteiger partial charge in [-0.15, -0.1) is 0 Å². The van der Waals surface area contributed by atoms with E-state index in [2.05, 4.69) is 0 Å². The summed E-state index contributed by atoms with van der Waals surface area (Å²) in [5.74, 6) is -1.41. The van der Waals surface area contributed by atoms with Crippen molar-refractivity contribution >= 4 is 21.8 Å². The number of hydrogen-bond donors (Lipinski definition) is 0. The van der Waals surface area contributed by atoms with E-state index in [9.17, 15) is 22.4 Å². The molecular formula is C23H26FNO5S. The zero-order chi connectivity index (χ0) is 22.8. The highest BCUT2D eigenvalue weighted by Crippen LogP contribution is 2.36. The van der Waals surface area contributed by atoms with Gasteiger partial charge in [-0.2, -0.15) is 4.31 Å². The predicted octanol–water partition coefficient (Wildman–Crippen LogP) is 3.66. The molecule has 31 heavy (non-hydrogen) atoms. The van der Waals surface area contributed by atoms with E-state index in [1.54, 1.807) is 32.9 Å². The first-order valence-corrected chi connectivity index (χ1v) is 11.5. The minimum absolute atomic E-state index is 0.0467. The van der Waals surface area contributed by atoms with Gasteiger partial charge in [0.15, 0.2) is 12.4 Å². The quantitative estimate of drug-likeness (QED) is 0.632. The van der Waals surface area contributed by atoms with Crippen molar-refractivity contribution in [3.8, 4) is 0 Å². The predicted molar refractivity (Wildman–Crippen MR) is 113 cm³/mol. The monoisotopic (exact) mass is 447 g/mol. The topological polar surface area (TPSA) is 80.8 Å². The van der Waals surface area contributed by atoms with Crippen LogP contribution < -0.4 is 0 Å². The molecule has 2 aromatic carbocycles. The number of ketones is 1. The molecule has 0 spiro atoms. The SMILES string of the molecule is CC(C)(C)C(=O)COC(=O)CC1c2ccccc2CCN1S(=O)(=O)c1ccc(F)cc1. The maximum atomic E-state index is 13.3. The van der Waals surface area contributed by atoms with Crippen molar-refractivity contribution < 1.29 is 27.1 Å². The highest BCUT2D eigenvalue weighted by Gasteiger charge is 2.38. The van der Waals surface area contributed by atoms with Crippen LogP contribution in [0.15, 0.2) is 53.4 Å². The van der Waals surface area contributed by atoms with Crippen LogP contribution in [0.5, 0.6) is 0 Å². The number of carbonyl (C=O) groups excluding carboxylic acids is 2. The number of sulfonamides is 1. The van der Waals surface area contributed by atoms with Gasteiger partial charge in [0.1, 0.15) is 5.82 Å². The molecule has 1 aliphatic rings. The molecule has 0 saturated carbocycles. The van der Waals surface area contributed by atoms with Crippen LogP contribution in [0, 0.1) is 11.2 Å². The Morgan fingerprint density at radius 2 is 1.74 bits per heavy atom. The third kappa shape index (κ3) is 5.19. The standard InChI is InChI=1S/C23H26FNO5S/c1-23(2,3)21(26)15-30-22(27)14-20-19-7-5-4-6-16(19)12-13-25(20)31(28,29)18-10-8-17(24)9-11-18/h4-11,20H,12-15H2,1-3H3. The van der Waals surface area contributed by atoms with Gasteiger partial charge in [-0.1, -0.05) is 45.0 Å². The number of nitrogens with zero attached hydrogens (tertiary/aromatic N) is 1. The minimum atomic E-state index is -3.98. The zero-order valence-electron chi connectivity index (χ0n) is 17.8. The Kier molecular flexibility index (Phi) is 6.62. The number of rotatable bonds is 6. The lowest BCUT2D eigenvalue weighted by Gasteiger charge is -2.36. The Morgan fingerprint density at radius 1 is 1.10 bits per heavy atom. The van der Waals surface area contributed by atoms with Gasteiger partial charge in [0, 0.05) is 12.0 Å². The third-order valence-corrected chi connectivity index (χ3v) is 7.27. The first kappa shape index (κ1) is 23.1. The van der Waals surface area contributed by atoms with Gasteiger partial charge in [0.2, 0.25) is 10.0 Å². The maximum Gasteiger partial charge on any atom is 0.308 e. The van der Waals surface area contributed by atoms with E-state index in [4.69, 9.17) is 4.74 Å². The molecule has 0 amide bonds. The number of esters is 1. The van der Waals surface area contributed by atoms with Gasteiger partial charge in [-0.05, 0) is 41.8 Å². The summed E-state index contributed by atoms with van der Waals surface area (Å²) in [7, 11) is -3.98. The number of ether oxygens (including phenoxy) is 1. The summed E-state index contributed by atoms with van der Waals surface area (Å²) in [5, 5.41) is 0. The van der Waals surface area contributed by atoms with Gasteiger partial charge in [-0.3, -0.25) is 9.59 Å². The van der Waals surface area contributed by atoms with Crippen LogP contribution in [0.25, 0.3) is 0 Å². The summed E-state index contributed by atoms with van der Waals surface area (Å²) < 4.78 is 46.3. The zero-order valence-corrected chi connectivity index (χ0v) is 18.6. The molecule has 6 nitrogen and oxygen atoms in total. The molecule has 8 heteroatoms. The molecule has 0 aliphatic carbocycles. The first-order valence-electron chi connectivity index (χ1n) is 10.0. The molecular weight excluding hydrogens is 421 g/mol. The molecule has 2 aromatic rings. The number of hydrogen-bond acceptors (Lipinski definition) is 5. The molecule has 1 atom stereocenters. The maximum absolute atomic E-state index is 13.3. The lowest BCUT2D eigenvalue weighted by molar-refractivity contribution is -0.151. The second-order valence-electron chi connectivity index (χ2n) is 8.57. The number of benzene rings is 2. The average Bonchev–Trinajstić information content (AvgIpc) is 2.71. The van der Waals surface area contributed by atoms with Gasteiger partial charge < -0.3 is 4.74 Å². The van der Waals surface area contributed by atoms with E-state index >= 15 is 0 Å². The Balaban J connectivity index is 1.88. The molecule has 0 bridgehead atoms. The Morgan fingerprint density at radius 3 is 2.39 bits per heavy atom. The van der Waals surface area contributed by atoms with Gasteiger partial charge in [0.25, 0.3) is 0 Å². The van der Waals surface area contributed by atoms with Crippen LogP contribution in [-0.2, 0) is 30.8 Å². The van der Waals surface area contributed by atoms with Gasteiger partial charge in [0.05, 0.1) is 17.4 Å². The minimum Gasteiger partial charge on any atom is -0.458 e. The largest absolute Gasteiger partial charge is 0.458 e. The first-order chi connectivity index (χ1) is 14.5. The van der Waals surface area contributed by atoms with Crippen molar-refractivity contribution in [2.45, 2.75) is 44.6 Å². The van der Waals surface area contributed by atoms with Crippen LogP contribution in [0.1, 0.15) is 44.4 Å². The van der Waals surface area contributed by atoms with E-state index in [1.807, 2.05) is 12.1 Å². The van der Waals surface area contributed by atoms with Crippen molar-refractivity contribution in [1.82, 2.24) is 4.31 Å². The Bertz CT molecular complexity index is 1070. The summed E-state index contributed by atoms with van der Waals surface area (Å²) in [6.45, 7) is 5.02. The van der Waals surface area contributed by atoms with Crippen molar-refractivity contribution in [3.05, 3.63) is 65.5 Å². The van der Waals surface area contributed by atoms with Crippen LogP contribution >= 0.6 is 0 Å². The van der Waals surface area contributed by atoms with E-state index in [0.717, 1.165) is 23.3 Å². The molecule has 3 rings (SSSR count). The Labute approximate surface area is 182 Å². The summed E-state index contributed by atoms with van der Waals surface area (Å²) in [5.41, 5.74) is 1.03. The summed E-state index contributed by atoms with van der Waals surface area (Å²) in [6.07, 6.45) is 0.263. The number of halogens is 1. The van der Waals surface area contributed by atoms with Gasteiger partial charge >= 0.3 is 5.97 Å². The lowest BCUT2D eigenvalue weighted by Crippen LogP contribution is -2.41. The lowest BCUT2D eigenvalue weighted by atomic mass is 9.91. The second-order valence-corrected chi connectivity index (χ2v) is 10.5. The highest BCUT2D eigenvalue weighted by atomic mass is 32.2. The van der Waals surface area contributed by atoms with Crippen LogP contribution in [0.4, 0.5) is 4.39 Å².